The largest absolute Gasteiger partial charge is 0.476 e. The Kier molecular flexibility index (Phi) is 5.95. The number of aromatic amines is 1. The fraction of sp³-hybridized carbons (Fsp3) is 0.0588. The van der Waals surface area contributed by atoms with Gasteiger partial charge >= 0.3 is 5.97 Å². The lowest BCUT2D eigenvalue weighted by atomic mass is 10.2. The van der Waals surface area contributed by atoms with Crippen LogP contribution in [0.5, 0.6) is 0 Å². The average molecular weight is 497 g/mol. The Labute approximate surface area is 185 Å². The number of carboxylic acids is 1. The highest BCUT2D eigenvalue weighted by Gasteiger charge is 2.23. The first-order valence-corrected chi connectivity index (χ1v) is 11.5. The van der Waals surface area contributed by atoms with Crippen LogP contribution in [0.1, 0.15) is 16.1 Å². The third-order valence-electron chi connectivity index (χ3n) is 4.32. The van der Waals surface area contributed by atoms with E-state index in [0.29, 0.717) is 10.2 Å². The van der Waals surface area contributed by atoms with Gasteiger partial charge in [0, 0.05) is 5.69 Å². The number of carboxylic acid groups (broad SMARTS) is 1. The van der Waals surface area contributed by atoms with E-state index in [0.717, 1.165) is 24.3 Å². The summed E-state index contributed by atoms with van der Waals surface area (Å²) in [5.74, 6) is -1.63. The Morgan fingerprint density at radius 3 is 2.27 bits per heavy atom. The van der Waals surface area contributed by atoms with Crippen molar-refractivity contribution in [3.63, 3.8) is 0 Å². The summed E-state index contributed by atoms with van der Waals surface area (Å²) >= 11 is 0. The van der Waals surface area contributed by atoms with Crippen molar-refractivity contribution in [1.82, 2.24) is 9.78 Å². The molecule has 0 bridgehead atoms. The third kappa shape index (κ3) is 4.82. The molecule has 14 nitrogen and oxygen atoms in total. The summed E-state index contributed by atoms with van der Waals surface area (Å²) in [5, 5.41) is 18.8. The van der Waals surface area contributed by atoms with E-state index in [-0.39, 0.29) is 11.4 Å². The lowest BCUT2D eigenvalue weighted by molar-refractivity contribution is 0.0690. The Morgan fingerprint density at radius 2 is 1.70 bits per heavy atom. The van der Waals surface area contributed by atoms with Crippen LogP contribution < -0.4 is 11.3 Å². The molecule has 3 aromatic rings. The van der Waals surface area contributed by atoms with Gasteiger partial charge in [-0.2, -0.15) is 16.8 Å². The van der Waals surface area contributed by atoms with Gasteiger partial charge in [-0.25, -0.2) is 9.48 Å². The van der Waals surface area contributed by atoms with Gasteiger partial charge in [0.1, 0.15) is 10.6 Å². The number of H-pyrrole nitrogens is 1. The second-order valence-electron chi connectivity index (χ2n) is 6.61. The Balaban J connectivity index is 2.23. The Bertz CT molecular complexity index is 1590. The van der Waals surface area contributed by atoms with Crippen molar-refractivity contribution >= 4 is 43.3 Å². The van der Waals surface area contributed by atoms with E-state index < -0.39 is 58.6 Å². The molecule has 0 aliphatic carbocycles. The minimum atomic E-state index is -4.75. The van der Waals surface area contributed by atoms with Crippen LogP contribution in [0.3, 0.4) is 0 Å². The number of nitrogens with two attached hydrogens (primary N) is 1. The number of anilines is 1. The summed E-state index contributed by atoms with van der Waals surface area (Å²) in [4.78, 5) is 23.3. The number of hydrogen-bond donors (Lipinski definition) is 5. The van der Waals surface area contributed by atoms with E-state index in [1.807, 2.05) is 0 Å². The number of nitrogens with one attached hydrogen (secondary N) is 1. The fourth-order valence-electron chi connectivity index (χ4n) is 2.76. The maximum absolute atomic E-state index is 12.9. The van der Waals surface area contributed by atoms with E-state index in [9.17, 15) is 40.6 Å². The van der Waals surface area contributed by atoms with Gasteiger partial charge in [-0.3, -0.25) is 19.0 Å². The van der Waals surface area contributed by atoms with Crippen LogP contribution in [0.4, 0.5) is 17.1 Å². The van der Waals surface area contributed by atoms with E-state index >= 15 is 0 Å². The van der Waals surface area contributed by atoms with Crippen molar-refractivity contribution in [3.05, 3.63) is 58.0 Å². The molecule has 1 heterocycles. The molecular formula is C17H15N5O9S2. The number of azo groups is 1. The molecule has 0 aliphatic heterocycles. The highest BCUT2D eigenvalue weighted by Crippen LogP contribution is 2.29. The maximum Gasteiger partial charge on any atom is 0.356 e. The van der Waals surface area contributed by atoms with E-state index in [1.165, 1.54) is 19.1 Å². The van der Waals surface area contributed by atoms with E-state index in [1.54, 1.807) is 0 Å². The van der Waals surface area contributed by atoms with Gasteiger partial charge in [0.2, 0.25) is 0 Å². The molecule has 0 fully saturated rings. The van der Waals surface area contributed by atoms with Crippen LogP contribution >= 0.6 is 0 Å². The quantitative estimate of drug-likeness (QED) is 0.187. The van der Waals surface area contributed by atoms with Gasteiger partial charge in [-0.05, 0) is 42.8 Å². The molecule has 0 spiro atoms. The number of aromatic nitrogens is 2. The first kappa shape index (κ1) is 23.8. The number of rotatable bonds is 6. The number of carbonyl (C=O) groups is 1. The molecule has 0 saturated carbocycles. The summed E-state index contributed by atoms with van der Waals surface area (Å²) in [6.07, 6.45) is 0. The molecule has 0 atom stereocenters. The molecule has 0 radical (unpaired) electrons. The van der Waals surface area contributed by atoms with Gasteiger partial charge in [0.25, 0.3) is 25.8 Å². The Morgan fingerprint density at radius 1 is 1.03 bits per heavy atom. The molecule has 0 saturated heterocycles. The van der Waals surface area contributed by atoms with Gasteiger partial charge in [0.05, 0.1) is 10.6 Å². The van der Waals surface area contributed by atoms with Crippen molar-refractivity contribution < 1.29 is 35.8 Å². The molecular weight excluding hydrogens is 482 g/mol. The van der Waals surface area contributed by atoms with E-state index in [4.69, 9.17) is 5.73 Å². The molecule has 6 N–H and O–H groups in total. The number of nitrogens with zero attached hydrogens (tertiary/aromatic N) is 3. The van der Waals surface area contributed by atoms with Crippen molar-refractivity contribution in [2.75, 3.05) is 5.73 Å². The standard InChI is InChI=1S/C17H15N5O9S2/c1-8-2-4-10(32(26,27)28)7-12(8)22-16(23)14(15(21-22)17(24)25)20-19-11-6-9(18)3-5-13(11)33(29,30)31/h2-7,21H,18H2,1H3,(H,24,25)(H,26,27,28)(H,29,30,31). The highest BCUT2D eigenvalue weighted by atomic mass is 32.2. The number of nitrogen functional groups attached to an aromatic ring is 1. The molecule has 16 heteroatoms. The van der Waals surface area contributed by atoms with Crippen molar-refractivity contribution in [3.8, 4) is 5.69 Å². The van der Waals surface area contributed by atoms with Gasteiger partial charge in [0.15, 0.2) is 11.4 Å². The SMILES string of the molecule is Cc1ccc(S(=O)(=O)O)cc1-n1[nH]c(C(=O)O)c(N=Nc2cc(N)ccc2S(=O)(=O)O)c1=O. The number of aryl methyl sites for hydroxylation is 1. The van der Waals surface area contributed by atoms with Crippen LogP contribution in [0.2, 0.25) is 0 Å². The third-order valence-corrected chi connectivity index (χ3v) is 6.07. The Hall–Kier alpha value is -3.86. The zero-order chi connectivity index (χ0) is 24.7. The van der Waals surface area contributed by atoms with Crippen molar-refractivity contribution in [1.29, 1.82) is 0 Å². The lowest BCUT2D eigenvalue weighted by Gasteiger charge is -2.07. The van der Waals surface area contributed by atoms with Crippen LogP contribution in [-0.2, 0) is 20.2 Å². The number of hydrogen-bond acceptors (Lipinski definition) is 9. The normalized spacial score (nSPS) is 12.3. The second-order valence-corrected chi connectivity index (χ2v) is 9.42. The van der Waals surface area contributed by atoms with Crippen LogP contribution in [0.15, 0.2) is 61.2 Å². The highest BCUT2D eigenvalue weighted by molar-refractivity contribution is 7.86. The smallest absolute Gasteiger partial charge is 0.356 e. The summed E-state index contributed by atoms with van der Waals surface area (Å²) in [6, 6.07) is 6.42. The average Bonchev–Trinajstić information content (AvgIpc) is 3.01. The first-order valence-electron chi connectivity index (χ1n) is 8.65. The zero-order valence-corrected chi connectivity index (χ0v) is 18.1. The predicted molar refractivity (Wildman–Crippen MR) is 113 cm³/mol. The first-order chi connectivity index (χ1) is 15.2. The topological polar surface area (TPSA) is 235 Å². The zero-order valence-electron chi connectivity index (χ0n) is 16.5. The van der Waals surface area contributed by atoms with Crippen LogP contribution in [0, 0.1) is 6.92 Å². The minimum Gasteiger partial charge on any atom is -0.476 e. The molecule has 1 aromatic heterocycles. The molecule has 3 rings (SSSR count). The minimum absolute atomic E-state index is 0.0407. The summed E-state index contributed by atoms with van der Waals surface area (Å²) < 4.78 is 65.2. The summed E-state index contributed by atoms with van der Waals surface area (Å²) in [7, 11) is -9.38. The van der Waals surface area contributed by atoms with Gasteiger partial charge < -0.3 is 10.8 Å². The van der Waals surface area contributed by atoms with Crippen LogP contribution in [0.25, 0.3) is 5.69 Å². The monoisotopic (exact) mass is 497 g/mol. The van der Waals surface area contributed by atoms with Gasteiger partial charge in [-0.15, -0.1) is 10.2 Å². The van der Waals surface area contributed by atoms with E-state index in [2.05, 4.69) is 15.3 Å². The maximum atomic E-state index is 12.9. The summed E-state index contributed by atoms with van der Waals surface area (Å²) in [5.41, 5.74) is 2.78. The van der Waals surface area contributed by atoms with Crippen molar-refractivity contribution in [2.24, 2.45) is 10.2 Å². The van der Waals surface area contributed by atoms with Crippen molar-refractivity contribution in [2.45, 2.75) is 16.7 Å². The molecule has 0 aliphatic rings. The molecule has 0 unspecified atom stereocenters. The fourth-order valence-corrected chi connectivity index (χ4v) is 3.87. The van der Waals surface area contributed by atoms with Gasteiger partial charge in [-0.1, -0.05) is 6.07 Å². The molecule has 2 aromatic carbocycles. The number of aromatic carboxylic acids is 1. The molecule has 33 heavy (non-hydrogen) atoms. The second kappa shape index (κ2) is 8.24. The summed E-state index contributed by atoms with van der Waals surface area (Å²) in [6.45, 7) is 1.49. The molecule has 0 amide bonds. The van der Waals surface area contributed by atoms with Crippen LogP contribution in [-0.4, -0.2) is 46.8 Å². The molecule has 174 valence electrons. The predicted octanol–water partition coefficient (Wildman–Crippen LogP) is 1.66. The number of benzene rings is 2. The lowest BCUT2D eigenvalue weighted by Crippen LogP contribution is -2.16.